The zero-order valence-corrected chi connectivity index (χ0v) is 43.8. The van der Waals surface area contributed by atoms with Crippen molar-refractivity contribution in [3.8, 4) is 0 Å². The van der Waals surface area contributed by atoms with Crippen molar-refractivity contribution < 1.29 is 26.2 Å². The van der Waals surface area contributed by atoms with E-state index in [4.69, 9.17) is 0 Å². The third-order valence-electron chi connectivity index (χ3n) is 10.5. The summed E-state index contributed by atoms with van der Waals surface area (Å²) < 4.78 is 0. The second-order valence-electron chi connectivity index (χ2n) is 16.9. The summed E-state index contributed by atoms with van der Waals surface area (Å²) in [5.74, 6) is 0. The molecule has 0 spiro atoms. The largest absolute Gasteiger partial charge is 4.00 e. The van der Waals surface area contributed by atoms with Gasteiger partial charge in [-0.25, -0.2) is 0 Å². The van der Waals surface area contributed by atoms with E-state index in [0.717, 1.165) is 19.3 Å². The first-order valence-electron chi connectivity index (χ1n) is 26.2. The summed E-state index contributed by atoms with van der Waals surface area (Å²) in [6.45, 7) is 22.5. The monoisotopic (exact) mass is 887 g/mol. The van der Waals surface area contributed by atoms with E-state index in [1.165, 1.54) is 250 Å². The Hall–Kier alpha value is 0.103. The molecule has 0 aliphatic rings. The maximum absolute atomic E-state index is 3.87. The van der Waals surface area contributed by atoms with Crippen LogP contribution < -0.4 is 0 Å². The number of rotatable bonds is 42. The summed E-state index contributed by atoms with van der Waals surface area (Å²) in [5, 5.41) is 0. The Balaban J connectivity index is -0.000000232. The topological polar surface area (TPSA) is 0 Å². The first-order valence-corrected chi connectivity index (χ1v) is 26.2. The van der Waals surface area contributed by atoms with Crippen LogP contribution in [0.15, 0.2) is 36.5 Å². The van der Waals surface area contributed by atoms with Crippen molar-refractivity contribution in [1.29, 1.82) is 0 Å². The number of hydrogen-bond acceptors (Lipinski definition) is 0. The van der Waals surface area contributed by atoms with Gasteiger partial charge >= 0.3 is 26.2 Å². The van der Waals surface area contributed by atoms with Crippen molar-refractivity contribution in [2.24, 2.45) is 0 Å². The Morgan fingerprint density at radius 3 is 0.552 bits per heavy atom. The van der Waals surface area contributed by atoms with E-state index < -0.39 is 0 Å². The first kappa shape index (κ1) is 67.2. The first-order chi connectivity index (χ1) is 28.2. The molecule has 0 radical (unpaired) electrons. The van der Waals surface area contributed by atoms with Crippen LogP contribution in [0.4, 0.5) is 0 Å². The Morgan fingerprint density at radius 2 is 0.397 bits per heavy atom. The standard InChI is InChI=1S/3C18H35.C3H7.Zr/c3*1-3-5-7-9-11-13-15-17-18-16-14-12-10-8-6-4-2;1-3-2;/h3*17-18H,1,3-16H2,2H3;3H,1-2H3;/q4*-1;+4/b3*18-17-;;. The van der Waals surface area contributed by atoms with E-state index in [2.05, 4.69) is 78.0 Å². The fourth-order valence-electron chi connectivity index (χ4n) is 6.74. The second-order valence-corrected chi connectivity index (χ2v) is 16.9. The summed E-state index contributed by atoms with van der Waals surface area (Å²) in [6.07, 6.45) is 73.5. The van der Waals surface area contributed by atoms with Crippen molar-refractivity contribution >= 4 is 0 Å². The van der Waals surface area contributed by atoms with Gasteiger partial charge in [0.2, 0.25) is 0 Å². The van der Waals surface area contributed by atoms with Gasteiger partial charge in [-0.3, -0.25) is 0 Å². The molecule has 0 saturated heterocycles. The van der Waals surface area contributed by atoms with Gasteiger partial charge < -0.3 is 27.2 Å². The van der Waals surface area contributed by atoms with Gasteiger partial charge in [-0.1, -0.05) is 231 Å². The van der Waals surface area contributed by atoms with E-state index >= 15 is 0 Å². The molecule has 0 N–H and O–H groups in total. The zero-order chi connectivity index (χ0) is 42.6. The molecule has 58 heavy (non-hydrogen) atoms. The minimum absolute atomic E-state index is 0. The van der Waals surface area contributed by atoms with Gasteiger partial charge in [0.1, 0.15) is 0 Å². The predicted molar refractivity (Wildman–Crippen MR) is 270 cm³/mol. The molecule has 344 valence electrons. The molecule has 0 saturated carbocycles. The van der Waals surface area contributed by atoms with Gasteiger partial charge in [-0.05, 0) is 77.0 Å². The van der Waals surface area contributed by atoms with Crippen molar-refractivity contribution in [1.82, 2.24) is 0 Å². The predicted octanol–water partition coefficient (Wildman–Crippen LogP) is 21.8. The third kappa shape index (κ3) is 83.7. The average Bonchev–Trinajstić information content (AvgIpc) is 3.22. The molecule has 0 aromatic carbocycles. The van der Waals surface area contributed by atoms with Crippen LogP contribution in [0.1, 0.15) is 304 Å². The molecule has 0 rings (SSSR count). The van der Waals surface area contributed by atoms with Gasteiger partial charge in [-0.2, -0.15) is 33.1 Å². The molecule has 1 heteroatoms. The van der Waals surface area contributed by atoms with Crippen LogP contribution in [0.25, 0.3) is 0 Å². The Bertz CT molecular complexity index is 530. The van der Waals surface area contributed by atoms with E-state index in [1.54, 1.807) is 0 Å². The molecular weight excluding hydrogens is 776 g/mol. The third-order valence-corrected chi connectivity index (χ3v) is 10.5. The van der Waals surface area contributed by atoms with Gasteiger partial charge in [0.25, 0.3) is 0 Å². The van der Waals surface area contributed by atoms with Crippen molar-refractivity contribution in [2.45, 2.75) is 304 Å². The minimum Gasteiger partial charge on any atom is -0.343 e. The minimum atomic E-state index is 0. The van der Waals surface area contributed by atoms with Gasteiger partial charge in [0.15, 0.2) is 0 Å². The molecule has 0 unspecified atom stereocenters. The Labute approximate surface area is 391 Å². The maximum atomic E-state index is 3.87. The van der Waals surface area contributed by atoms with Crippen LogP contribution in [0.3, 0.4) is 0 Å². The van der Waals surface area contributed by atoms with E-state index in [-0.39, 0.29) is 26.2 Å². The molecule has 0 nitrogen and oxygen atoms in total. The normalized spacial score (nSPS) is 11.0. The molecule has 0 bridgehead atoms. The maximum Gasteiger partial charge on any atom is 4.00 e. The van der Waals surface area contributed by atoms with Crippen LogP contribution in [-0.2, 0) is 26.2 Å². The molecule has 0 fully saturated rings. The summed E-state index contributed by atoms with van der Waals surface area (Å²) in [5.41, 5.74) is 0. The smallest absolute Gasteiger partial charge is 0.343 e. The quantitative estimate of drug-likeness (QED) is 0.0325. The molecule has 0 amide bonds. The van der Waals surface area contributed by atoms with Crippen molar-refractivity contribution in [3.63, 3.8) is 0 Å². The SMILES string of the molecule is C[CH-]C.[CH2-]CCCCCCC/C=C\CCCCCCCC.[CH2-]CCCCCCC/C=C\CCCCCCCC.[CH2-]CCCCCCC/C=C\CCCCCCCC.[Zr+4]. The van der Waals surface area contributed by atoms with Crippen LogP contribution in [-0.4, -0.2) is 0 Å². The zero-order valence-electron chi connectivity index (χ0n) is 41.4. The molecule has 0 aromatic heterocycles. The summed E-state index contributed by atoms with van der Waals surface area (Å²) in [4.78, 5) is 0. The molecule has 0 aliphatic carbocycles. The Morgan fingerprint density at radius 1 is 0.259 bits per heavy atom. The molecule has 0 atom stereocenters. The summed E-state index contributed by atoms with van der Waals surface area (Å²) in [6, 6.07) is 0. The fraction of sp³-hybridized carbons (Fsp3) is 0.825. The van der Waals surface area contributed by atoms with Crippen molar-refractivity contribution in [2.75, 3.05) is 0 Å². The number of unbranched alkanes of at least 4 members (excludes halogenated alkanes) is 36. The molecule has 0 heterocycles. The fourth-order valence-corrected chi connectivity index (χ4v) is 6.74. The van der Waals surface area contributed by atoms with Gasteiger partial charge in [0, 0.05) is 0 Å². The van der Waals surface area contributed by atoms with Crippen LogP contribution >= 0.6 is 0 Å². The van der Waals surface area contributed by atoms with E-state index in [9.17, 15) is 0 Å². The van der Waals surface area contributed by atoms with E-state index in [0.29, 0.717) is 0 Å². The summed E-state index contributed by atoms with van der Waals surface area (Å²) in [7, 11) is 0. The number of allylic oxidation sites excluding steroid dienone is 6. The average molecular weight is 889 g/mol. The molecule has 0 aliphatic heterocycles. The van der Waals surface area contributed by atoms with E-state index in [1.807, 2.05) is 20.3 Å². The van der Waals surface area contributed by atoms with Gasteiger partial charge in [-0.15, -0.1) is 0 Å². The Kier molecular flexibility index (Phi) is 86.4. The van der Waals surface area contributed by atoms with Crippen LogP contribution in [0.5, 0.6) is 0 Å². The molecule has 0 aromatic rings. The van der Waals surface area contributed by atoms with Crippen LogP contribution in [0, 0.1) is 27.2 Å². The van der Waals surface area contributed by atoms with Crippen LogP contribution in [0.2, 0.25) is 0 Å². The van der Waals surface area contributed by atoms with Gasteiger partial charge in [0.05, 0.1) is 0 Å². The molecular formula is C57H112Zr. The summed E-state index contributed by atoms with van der Waals surface area (Å²) >= 11 is 0. The number of hydrogen-bond donors (Lipinski definition) is 0. The second kappa shape index (κ2) is 74.5. The van der Waals surface area contributed by atoms with Crippen molar-refractivity contribution in [3.05, 3.63) is 63.6 Å².